The summed E-state index contributed by atoms with van der Waals surface area (Å²) < 4.78 is 10.2. The number of esters is 1. The van der Waals surface area contributed by atoms with Crippen LogP contribution in [0, 0.1) is 0 Å². The van der Waals surface area contributed by atoms with E-state index in [4.69, 9.17) is 9.47 Å². The van der Waals surface area contributed by atoms with E-state index in [2.05, 4.69) is 5.32 Å². The lowest BCUT2D eigenvalue weighted by Crippen LogP contribution is -2.55. The Kier molecular flexibility index (Phi) is 4.54. The summed E-state index contributed by atoms with van der Waals surface area (Å²) in [6.07, 6.45) is 2.11. The van der Waals surface area contributed by atoms with Crippen molar-refractivity contribution in [1.82, 2.24) is 10.2 Å². The lowest BCUT2D eigenvalue weighted by molar-refractivity contribution is -0.148. The summed E-state index contributed by atoms with van der Waals surface area (Å²) in [4.78, 5) is 25.3. The molecule has 2 fully saturated rings. The smallest absolute Gasteiger partial charge is 0.320 e. The second-order valence-corrected chi connectivity index (χ2v) is 4.65. The fourth-order valence-corrected chi connectivity index (χ4v) is 1.97. The zero-order valence-corrected chi connectivity index (χ0v) is 10.7. The van der Waals surface area contributed by atoms with Crippen molar-refractivity contribution in [2.45, 2.75) is 31.8 Å². The maximum atomic E-state index is 12.0. The number of nitrogens with one attached hydrogen (secondary N) is 1. The van der Waals surface area contributed by atoms with Crippen LogP contribution in [-0.4, -0.2) is 61.8 Å². The Balaban J connectivity index is 1.87. The van der Waals surface area contributed by atoms with Crippen LogP contribution in [0.4, 0.5) is 0 Å². The average Bonchev–Trinajstić information content (AvgIpc) is 3.14. The molecule has 0 aromatic carbocycles. The molecule has 1 aliphatic carbocycles. The number of nitrogens with zero attached hydrogens (tertiary/aromatic N) is 1. The van der Waals surface area contributed by atoms with Crippen molar-refractivity contribution in [3.63, 3.8) is 0 Å². The molecule has 0 bridgehead atoms. The second kappa shape index (κ2) is 6.15. The molecule has 1 atom stereocenters. The largest absolute Gasteiger partial charge is 0.465 e. The van der Waals surface area contributed by atoms with Crippen LogP contribution in [-0.2, 0) is 19.1 Å². The van der Waals surface area contributed by atoms with E-state index in [0.29, 0.717) is 32.4 Å². The summed E-state index contributed by atoms with van der Waals surface area (Å²) in [5, 5.41) is 2.95. The van der Waals surface area contributed by atoms with E-state index in [0.717, 1.165) is 12.8 Å². The van der Waals surface area contributed by atoms with Gasteiger partial charge in [-0.15, -0.1) is 0 Å². The molecule has 1 N–H and O–H groups in total. The predicted molar refractivity (Wildman–Crippen MR) is 64.0 cm³/mol. The molecule has 0 aromatic rings. The van der Waals surface area contributed by atoms with Gasteiger partial charge in [0.2, 0.25) is 5.91 Å². The van der Waals surface area contributed by atoms with Gasteiger partial charge in [0.1, 0.15) is 6.04 Å². The van der Waals surface area contributed by atoms with Crippen LogP contribution < -0.4 is 5.32 Å². The van der Waals surface area contributed by atoms with Crippen molar-refractivity contribution in [3.8, 4) is 0 Å². The van der Waals surface area contributed by atoms with Gasteiger partial charge in [-0.1, -0.05) is 0 Å². The Morgan fingerprint density at radius 2 is 2.22 bits per heavy atom. The van der Waals surface area contributed by atoms with Gasteiger partial charge >= 0.3 is 5.97 Å². The first-order chi connectivity index (χ1) is 8.70. The second-order valence-electron chi connectivity index (χ2n) is 4.65. The van der Waals surface area contributed by atoms with E-state index >= 15 is 0 Å². The zero-order chi connectivity index (χ0) is 13.0. The van der Waals surface area contributed by atoms with Gasteiger partial charge in [-0.3, -0.25) is 14.5 Å². The van der Waals surface area contributed by atoms with Crippen molar-refractivity contribution in [2.24, 2.45) is 0 Å². The highest BCUT2D eigenvalue weighted by Gasteiger charge is 2.34. The predicted octanol–water partition coefficient (Wildman–Crippen LogP) is -0.471. The topological polar surface area (TPSA) is 67.9 Å². The Labute approximate surface area is 107 Å². The molecule has 2 rings (SSSR count). The molecule has 102 valence electrons. The third-order valence-corrected chi connectivity index (χ3v) is 3.10. The number of carbonyl (C=O) groups is 2. The SMILES string of the molecule is CCOC(=O)CN1CCOCC1C(=O)NC1CC1. The maximum Gasteiger partial charge on any atom is 0.320 e. The molecule has 0 radical (unpaired) electrons. The van der Waals surface area contributed by atoms with Crippen molar-refractivity contribution in [2.75, 3.05) is 32.9 Å². The minimum absolute atomic E-state index is 0.0403. The highest BCUT2D eigenvalue weighted by Crippen LogP contribution is 2.19. The normalized spacial score (nSPS) is 24.6. The summed E-state index contributed by atoms with van der Waals surface area (Å²) in [7, 11) is 0. The lowest BCUT2D eigenvalue weighted by atomic mass is 10.2. The molecule has 1 saturated carbocycles. The molecule has 2 aliphatic rings. The van der Waals surface area contributed by atoms with Gasteiger partial charge in [0, 0.05) is 12.6 Å². The molecule has 1 saturated heterocycles. The number of carbonyl (C=O) groups excluding carboxylic acids is 2. The Morgan fingerprint density at radius 1 is 1.44 bits per heavy atom. The summed E-state index contributed by atoms with van der Waals surface area (Å²) in [6, 6.07) is -0.0485. The van der Waals surface area contributed by atoms with E-state index in [1.807, 2.05) is 4.90 Å². The summed E-state index contributed by atoms with van der Waals surface area (Å²) in [5.74, 6) is -0.329. The molecule has 0 spiro atoms. The van der Waals surface area contributed by atoms with Crippen molar-refractivity contribution >= 4 is 11.9 Å². The van der Waals surface area contributed by atoms with Gasteiger partial charge in [0.25, 0.3) is 0 Å². The van der Waals surface area contributed by atoms with Gasteiger partial charge < -0.3 is 14.8 Å². The number of morpholine rings is 1. The summed E-state index contributed by atoms with van der Waals surface area (Å²) in [5.41, 5.74) is 0. The Morgan fingerprint density at radius 3 is 2.89 bits per heavy atom. The third kappa shape index (κ3) is 3.68. The molecule has 0 aromatic heterocycles. The highest BCUT2D eigenvalue weighted by molar-refractivity contribution is 5.83. The standard InChI is InChI=1S/C12H20N2O4/c1-2-18-11(15)7-14-5-6-17-8-10(14)12(16)13-9-3-4-9/h9-10H,2-8H2,1H3,(H,13,16). The van der Waals surface area contributed by atoms with E-state index in [1.165, 1.54) is 0 Å². The monoisotopic (exact) mass is 256 g/mol. The van der Waals surface area contributed by atoms with Crippen molar-refractivity contribution < 1.29 is 19.1 Å². The first-order valence-electron chi connectivity index (χ1n) is 6.48. The van der Waals surface area contributed by atoms with Crippen LogP contribution in [0.3, 0.4) is 0 Å². The molecule has 18 heavy (non-hydrogen) atoms. The Hall–Kier alpha value is -1.14. The van der Waals surface area contributed by atoms with Gasteiger partial charge in [-0.25, -0.2) is 0 Å². The third-order valence-electron chi connectivity index (χ3n) is 3.10. The maximum absolute atomic E-state index is 12.0. The van der Waals surface area contributed by atoms with Crippen LogP contribution in [0.25, 0.3) is 0 Å². The van der Waals surface area contributed by atoms with Gasteiger partial charge in [-0.2, -0.15) is 0 Å². The first-order valence-corrected chi connectivity index (χ1v) is 6.48. The van der Waals surface area contributed by atoms with E-state index in [9.17, 15) is 9.59 Å². The van der Waals surface area contributed by atoms with E-state index in [1.54, 1.807) is 6.92 Å². The van der Waals surface area contributed by atoms with E-state index in [-0.39, 0.29) is 24.5 Å². The van der Waals surface area contributed by atoms with Crippen LogP contribution in [0.15, 0.2) is 0 Å². The Bertz CT molecular complexity index is 317. The van der Waals surface area contributed by atoms with Gasteiger partial charge in [0.15, 0.2) is 0 Å². The first kappa shape index (κ1) is 13.3. The van der Waals surface area contributed by atoms with Crippen LogP contribution >= 0.6 is 0 Å². The lowest BCUT2D eigenvalue weighted by Gasteiger charge is -2.33. The number of hydrogen-bond acceptors (Lipinski definition) is 5. The fraction of sp³-hybridized carbons (Fsp3) is 0.833. The average molecular weight is 256 g/mol. The molecular formula is C12H20N2O4. The van der Waals surface area contributed by atoms with Crippen LogP contribution in [0.5, 0.6) is 0 Å². The molecular weight excluding hydrogens is 236 g/mol. The molecule has 1 unspecified atom stereocenters. The van der Waals surface area contributed by atoms with Crippen molar-refractivity contribution in [3.05, 3.63) is 0 Å². The number of hydrogen-bond donors (Lipinski definition) is 1. The van der Waals surface area contributed by atoms with Gasteiger partial charge in [-0.05, 0) is 19.8 Å². The molecule has 1 amide bonds. The fourth-order valence-electron chi connectivity index (χ4n) is 1.97. The zero-order valence-electron chi connectivity index (χ0n) is 10.7. The highest BCUT2D eigenvalue weighted by atomic mass is 16.5. The quantitative estimate of drug-likeness (QED) is 0.673. The van der Waals surface area contributed by atoms with Crippen molar-refractivity contribution in [1.29, 1.82) is 0 Å². The van der Waals surface area contributed by atoms with E-state index < -0.39 is 0 Å². The minimum Gasteiger partial charge on any atom is -0.465 e. The van der Waals surface area contributed by atoms with Gasteiger partial charge in [0.05, 0.1) is 26.4 Å². The summed E-state index contributed by atoms with van der Waals surface area (Å²) in [6.45, 7) is 3.77. The molecule has 1 heterocycles. The summed E-state index contributed by atoms with van der Waals surface area (Å²) >= 11 is 0. The number of amides is 1. The number of rotatable bonds is 5. The number of ether oxygens (including phenoxy) is 2. The van der Waals surface area contributed by atoms with Crippen LogP contribution in [0.1, 0.15) is 19.8 Å². The molecule has 6 nitrogen and oxygen atoms in total. The molecule has 6 heteroatoms. The molecule has 1 aliphatic heterocycles. The minimum atomic E-state index is -0.372. The van der Waals surface area contributed by atoms with Crippen LogP contribution in [0.2, 0.25) is 0 Å².